The molecule has 0 saturated carbocycles. The number of anilines is 2. The zero-order chi connectivity index (χ0) is 25.6. The van der Waals surface area contributed by atoms with Crippen molar-refractivity contribution in [3.63, 3.8) is 0 Å². The summed E-state index contributed by atoms with van der Waals surface area (Å²) in [6.45, 7) is 4.63. The van der Waals surface area contributed by atoms with E-state index in [4.69, 9.17) is 4.98 Å². The third-order valence-electron chi connectivity index (χ3n) is 6.39. The van der Waals surface area contributed by atoms with E-state index in [2.05, 4.69) is 5.32 Å². The lowest BCUT2D eigenvalue weighted by Gasteiger charge is -2.22. The predicted molar refractivity (Wildman–Crippen MR) is 133 cm³/mol. The molecular weight excluding hydrogens is 461 g/mol. The number of nitrogens with zero attached hydrogens (tertiary/aromatic N) is 4. The van der Waals surface area contributed by atoms with Crippen LogP contribution in [0.15, 0.2) is 59.5 Å². The zero-order valence-electron chi connectivity index (χ0n) is 19.6. The van der Waals surface area contributed by atoms with E-state index in [0.717, 1.165) is 22.8 Å². The molecule has 5 rings (SSSR count). The monoisotopic (exact) mass is 483 g/mol. The van der Waals surface area contributed by atoms with Gasteiger partial charge in [-0.05, 0) is 48.7 Å². The Bertz CT molecular complexity index is 1610. The number of fused-ring (bicyclic) bond motifs is 2. The highest BCUT2D eigenvalue weighted by atomic mass is 19.1. The van der Waals surface area contributed by atoms with Gasteiger partial charge < -0.3 is 15.3 Å². The maximum atomic E-state index is 14.2. The van der Waals surface area contributed by atoms with Gasteiger partial charge >= 0.3 is 5.97 Å². The molecule has 2 aromatic carbocycles. The van der Waals surface area contributed by atoms with E-state index < -0.39 is 29.0 Å². The number of rotatable bonds is 5. The molecule has 0 fully saturated rings. The summed E-state index contributed by atoms with van der Waals surface area (Å²) in [6, 6.07) is 15.3. The normalized spacial score (nSPS) is 13.3. The van der Waals surface area contributed by atoms with E-state index >= 15 is 0 Å². The van der Waals surface area contributed by atoms with Gasteiger partial charge in [-0.15, -0.1) is 0 Å². The average Bonchev–Trinajstić information content (AvgIpc) is 3.28. The Morgan fingerprint density at radius 2 is 1.89 bits per heavy atom. The highest BCUT2D eigenvalue weighted by Gasteiger charge is 2.26. The van der Waals surface area contributed by atoms with Gasteiger partial charge in [-0.2, -0.15) is 5.26 Å². The fraction of sp³-hybridized carbons (Fsp3) is 0.185. The molecule has 0 saturated heterocycles. The second-order valence-corrected chi connectivity index (χ2v) is 8.85. The van der Waals surface area contributed by atoms with Crippen LogP contribution in [0.3, 0.4) is 0 Å². The summed E-state index contributed by atoms with van der Waals surface area (Å²) >= 11 is 0. The first kappa shape index (κ1) is 23.1. The minimum atomic E-state index is -1.39. The van der Waals surface area contributed by atoms with Crippen LogP contribution in [0.25, 0.3) is 5.65 Å². The lowest BCUT2D eigenvalue weighted by atomic mass is 10.1. The van der Waals surface area contributed by atoms with E-state index in [1.165, 1.54) is 16.5 Å². The van der Waals surface area contributed by atoms with Gasteiger partial charge in [0.1, 0.15) is 23.1 Å². The molecule has 0 bridgehead atoms. The number of hydrogen-bond acceptors (Lipinski definition) is 6. The van der Waals surface area contributed by atoms with Crippen LogP contribution in [0.5, 0.6) is 0 Å². The lowest BCUT2D eigenvalue weighted by molar-refractivity contribution is 0.0693. The number of aromatic carboxylic acids is 1. The van der Waals surface area contributed by atoms with Crippen LogP contribution in [-0.2, 0) is 13.1 Å². The van der Waals surface area contributed by atoms with Gasteiger partial charge in [0.15, 0.2) is 11.4 Å². The number of nitriles is 1. The summed E-state index contributed by atoms with van der Waals surface area (Å²) < 4.78 is 15.6. The van der Waals surface area contributed by atoms with Gasteiger partial charge in [0.05, 0.1) is 11.7 Å². The molecule has 1 atom stereocenters. The fourth-order valence-corrected chi connectivity index (χ4v) is 4.70. The van der Waals surface area contributed by atoms with Crippen molar-refractivity contribution in [1.29, 1.82) is 5.26 Å². The van der Waals surface area contributed by atoms with Crippen LogP contribution in [-0.4, -0.2) is 20.5 Å². The van der Waals surface area contributed by atoms with E-state index in [9.17, 15) is 24.3 Å². The van der Waals surface area contributed by atoms with Crippen molar-refractivity contribution in [3.05, 3.63) is 104 Å². The Kier molecular flexibility index (Phi) is 5.65. The zero-order valence-corrected chi connectivity index (χ0v) is 19.6. The molecule has 2 aromatic heterocycles. The molecule has 2 N–H and O–H groups in total. The minimum Gasteiger partial charge on any atom is -0.478 e. The first-order valence-corrected chi connectivity index (χ1v) is 11.4. The molecule has 180 valence electrons. The molecule has 9 heteroatoms. The number of carboxylic acids is 1. The van der Waals surface area contributed by atoms with Gasteiger partial charge in [-0.1, -0.05) is 30.3 Å². The standard InChI is InChI=1S/C27H22FN5O3/c1-15-10-19(16(2)30-22-9-5-8-21(28)23(22)27(35)36)25-31-24(20(11-29)26(34)33(25)12-15)32-13-17-6-3-4-7-18(17)14-32/h3-10,12,16,30H,13-14H2,1-2H3,(H,35,36)/t16-/m1/s1. The smallest absolute Gasteiger partial charge is 0.340 e. The van der Waals surface area contributed by atoms with E-state index in [0.29, 0.717) is 30.1 Å². The Hall–Kier alpha value is -4.71. The SMILES string of the molecule is Cc1cc([C@@H](C)Nc2cccc(F)c2C(=O)O)c2nc(N3Cc4ccccc4C3)c(C#N)c(=O)n2c1. The fourth-order valence-electron chi connectivity index (χ4n) is 4.70. The van der Waals surface area contributed by atoms with Crippen LogP contribution in [0, 0.1) is 24.1 Å². The van der Waals surface area contributed by atoms with Gasteiger partial charge in [0, 0.05) is 24.8 Å². The first-order valence-electron chi connectivity index (χ1n) is 11.4. The highest BCUT2D eigenvalue weighted by molar-refractivity contribution is 5.94. The highest BCUT2D eigenvalue weighted by Crippen LogP contribution is 2.31. The molecular formula is C27H22FN5O3. The molecule has 0 spiro atoms. The lowest BCUT2D eigenvalue weighted by Crippen LogP contribution is -2.27. The number of hydrogen-bond donors (Lipinski definition) is 2. The number of pyridine rings is 1. The molecule has 36 heavy (non-hydrogen) atoms. The Morgan fingerprint density at radius 3 is 2.53 bits per heavy atom. The largest absolute Gasteiger partial charge is 0.478 e. The van der Waals surface area contributed by atoms with Crippen molar-refractivity contribution < 1.29 is 14.3 Å². The molecule has 0 radical (unpaired) electrons. The Labute approximate surface area is 205 Å². The molecule has 3 heterocycles. The van der Waals surface area contributed by atoms with Gasteiger partial charge in [0.25, 0.3) is 5.56 Å². The summed E-state index contributed by atoms with van der Waals surface area (Å²) in [5.41, 5.74) is 3.02. The number of aryl methyl sites for hydroxylation is 1. The van der Waals surface area contributed by atoms with Crippen molar-refractivity contribution in [1.82, 2.24) is 9.38 Å². The quantitative estimate of drug-likeness (QED) is 0.433. The topological polar surface area (TPSA) is 111 Å². The van der Waals surface area contributed by atoms with Crippen molar-refractivity contribution in [2.75, 3.05) is 10.2 Å². The van der Waals surface area contributed by atoms with E-state index in [-0.39, 0.29) is 11.3 Å². The van der Waals surface area contributed by atoms with Gasteiger partial charge in [-0.25, -0.2) is 14.2 Å². The Morgan fingerprint density at radius 1 is 1.19 bits per heavy atom. The summed E-state index contributed by atoms with van der Waals surface area (Å²) in [7, 11) is 0. The number of carbonyl (C=O) groups is 1. The molecule has 8 nitrogen and oxygen atoms in total. The number of nitrogens with one attached hydrogen (secondary N) is 1. The first-order chi connectivity index (χ1) is 17.3. The van der Waals surface area contributed by atoms with Crippen molar-refractivity contribution >= 4 is 23.1 Å². The van der Waals surface area contributed by atoms with Crippen molar-refractivity contribution in [2.45, 2.75) is 33.0 Å². The van der Waals surface area contributed by atoms with Gasteiger partial charge in [-0.3, -0.25) is 9.20 Å². The van der Waals surface area contributed by atoms with E-state index in [1.54, 1.807) is 13.1 Å². The minimum absolute atomic E-state index is 0.0456. The molecule has 4 aromatic rings. The molecule has 1 aliphatic rings. The number of carboxylic acid groups (broad SMARTS) is 1. The van der Waals surface area contributed by atoms with Crippen LogP contribution < -0.4 is 15.8 Å². The summed E-state index contributed by atoms with van der Waals surface area (Å²) in [5.74, 6) is -1.94. The molecule has 0 amide bonds. The summed E-state index contributed by atoms with van der Waals surface area (Å²) in [6.07, 6.45) is 1.62. The van der Waals surface area contributed by atoms with Gasteiger partial charge in [0.2, 0.25) is 0 Å². The summed E-state index contributed by atoms with van der Waals surface area (Å²) in [4.78, 5) is 31.8. The Balaban J connectivity index is 1.64. The number of halogens is 1. The maximum absolute atomic E-state index is 14.2. The maximum Gasteiger partial charge on any atom is 0.340 e. The average molecular weight is 484 g/mol. The van der Waals surface area contributed by atoms with E-state index in [1.807, 2.05) is 48.2 Å². The number of aromatic nitrogens is 2. The molecule has 1 aliphatic heterocycles. The third-order valence-corrected chi connectivity index (χ3v) is 6.39. The molecule has 0 aliphatic carbocycles. The second-order valence-electron chi connectivity index (χ2n) is 8.85. The van der Waals surface area contributed by atoms with Crippen molar-refractivity contribution in [3.8, 4) is 6.07 Å². The van der Waals surface area contributed by atoms with Crippen LogP contribution >= 0.6 is 0 Å². The predicted octanol–water partition coefficient (Wildman–Crippen LogP) is 4.41. The number of benzene rings is 2. The summed E-state index contributed by atoms with van der Waals surface area (Å²) in [5, 5.41) is 22.4. The molecule has 0 unspecified atom stereocenters. The third kappa shape index (κ3) is 3.82. The van der Waals surface area contributed by atoms with Crippen LogP contribution in [0.2, 0.25) is 0 Å². The van der Waals surface area contributed by atoms with Crippen LogP contribution in [0.4, 0.5) is 15.9 Å². The van der Waals surface area contributed by atoms with Crippen molar-refractivity contribution in [2.24, 2.45) is 0 Å². The van der Waals surface area contributed by atoms with Crippen LogP contribution in [0.1, 0.15) is 51.1 Å². The second kappa shape index (κ2) is 8.82.